The topological polar surface area (TPSA) is 85.1 Å². The summed E-state index contributed by atoms with van der Waals surface area (Å²) in [5, 5.41) is 0. The van der Waals surface area contributed by atoms with Gasteiger partial charge in [-0.25, -0.2) is 0 Å². The summed E-state index contributed by atoms with van der Waals surface area (Å²) in [5.74, 6) is 0.375. The molecule has 0 atom stereocenters. The Morgan fingerprint density at radius 1 is 1.07 bits per heavy atom. The van der Waals surface area contributed by atoms with Crippen LogP contribution in [0.25, 0.3) is 0 Å². The van der Waals surface area contributed by atoms with E-state index in [9.17, 15) is 9.59 Å². The van der Waals surface area contributed by atoms with Gasteiger partial charge in [-0.2, -0.15) is 0 Å². The van der Waals surface area contributed by atoms with Gasteiger partial charge in [-0.3, -0.25) is 14.5 Å². The standard InChI is InChI=1S/C32H41N3O4Si/c1-22-11-13-26(18-29(22)34-20-24-12-14-27(38-4)19-28(24)31(34)37)35(21-39-15-16-40(5,6)7)30(36)23-9-8-10-25(17-23)32(2,3)33/h8-14,17-19H,15-16,20-21,33H2,1-7H3. The van der Waals surface area contributed by atoms with Crippen molar-refractivity contribution in [2.24, 2.45) is 5.73 Å². The average Bonchev–Trinajstić information content (AvgIpc) is 3.23. The number of benzene rings is 3. The quantitative estimate of drug-likeness (QED) is 0.179. The largest absolute Gasteiger partial charge is 0.497 e. The zero-order valence-corrected chi connectivity index (χ0v) is 25.7. The molecule has 40 heavy (non-hydrogen) atoms. The second-order valence-electron chi connectivity index (χ2n) is 12.3. The van der Waals surface area contributed by atoms with Crippen LogP contribution in [0, 0.1) is 6.92 Å². The normalized spacial score (nSPS) is 13.4. The fraction of sp³-hybridized carbons (Fsp3) is 0.375. The van der Waals surface area contributed by atoms with E-state index in [1.54, 1.807) is 29.0 Å². The third-order valence-electron chi connectivity index (χ3n) is 7.23. The highest BCUT2D eigenvalue weighted by Crippen LogP contribution is 2.35. The molecule has 7 nitrogen and oxygen atoms in total. The Balaban J connectivity index is 1.68. The van der Waals surface area contributed by atoms with E-state index in [-0.39, 0.29) is 18.5 Å². The van der Waals surface area contributed by atoms with E-state index < -0.39 is 13.6 Å². The van der Waals surface area contributed by atoms with E-state index >= 15 is 0 Å². The number of ether oxygens (including phenoxy) is 2. The van der Waals surface area contributed by atoms with Crippen LogP contribution in [-0.2, 0) is 16.8 Å². The molecule has 0 bridgehead atoms. The number of anilines is 2. The summed E-state index contributed by atoms with van der Waals surface area (Å²) in [6, 6.07) is 19.8. The summed E-state index contributed by atoms with van der Waals surface area (Å²) in [5.41, 5.74) is 11.1. The van der Waals surface area contributed by atoms with Crippen molar-refractivity contribution < 1.29 is 19.1 Å². The fourth-order valence-corrected chi connectivity index (χ4v) is 5.41. The number of fused-ring (bicyclic) bond motifs is 1. The summed E-state index contributed by atoms with van der Waals surface area (Å²) < 4.78 is 11.4. The molecular weight excluding hydrogens is 518 g/mol. The van der Waals surface area contributed by atoms with E-state index in [4.69, 9.17) is 15.2 Å². The number of hydrogen-bond acceptors (Lipinski definition) is 5. The van der Waals surface area contributed by atoms with E-state index in [1.807, 2.05) is 69.3 Å². The van der Waals surface area contributed by atoms with Crippen LogP contribution in [0.2, 0.25) is 25.7 Å². The lowest BCUT2D eigenvalue weighted by molar-refractivity contribution is 0.0900. The van der Waals surface area contributed by atoms with Gasteiger partial charge in [0.15, 0.2) is 0 Å². The smallest absolute Gasteiger partial charge is 0.260 e. The maximum Gasteiger partial charge on any atom is 0.260 e. The molecule has 3 aromatic carbocycles. The van der Waals surface area contributed by atoms with E-state index in [0.717, 1.165) is 28.4 Å². The molecule has 0 unspecified atom stereocenters. The molecular formula is C32H41N3O4Si. The third kappa shape index (κ3) is 6.63. The zero-order chi connectivity index (χ0) is 29.2. The molecule has 0 saturated carbocycles. The van der Waals surface area contributed by atoms with Crippen LogP contribution in [0.5, 0.6) is 5.75 Å². The molecule has 0 spiro atoms. The summed E-state index contributed by atoms with van der Waals surface area (Å²) >= 11 is 0. The molecule has 0 fully saturated rings. The Bertz CT molecular complexity index is 1410. The first kappa shape index (κ1) is 29.5. The van der Waals surface area contributed by atoms with Crippen LogP contribution in [0.15, 0.2) is 60.7 Å². The number of nitrogens with two attached hydrogens (primary N) is 1. The molecule has 2 N–H and O–H groups in total. The zero-order valence-electron chi connectivity index (χ0n) is 24.7. The Hall–Kier alpha value is -3.46. The van der Waals surface area contributed by atoms with E-state index in [0.29, 0.717) is 35.7 Å². The minimum absolute atomic E-state index is 0.0868. The number of nitrogens with zero attached hydrogens (tertiary/aromatic N) is 2. The number of rotatable bonds is 10. The number of hydrogen-bond donors (Lipinski definition) is 1. The Morgan fingerprint density at radius 3 is 2.50 bits per heavy atom. The summed E-state index contributed by atoms with van der Waals surface area (Å²) in [4.78, 5) is 30.8. The molecule has 3 aromatic rings. The minimum atomic E-state index is -1.30. The molecule has 2 amide bonds. The summed E-state index contributed by atoms with van der Waals surface area (Å²) in [7, 11) is 0.288. The number of methoxy groups -OCH3 is 1. The first-order valence-electron chi connectivity index (χ1n) is 13.7. The fourth-order valence-electron chi connectivity index (χ4n) is 4.65. The summed E-state index contributed by atoms with van der Waals surface area (Å²) in [6.45, 7) is 13.8. The highest BCUT2D eigenvalue weighted by molar-refractivity contribution is 6.76. The molecule has 212 valence electrons. The Kier molecular flexibility index (Phi) is 8.54. The Morgan fingerprint density at radius 2 is 1.82 bits per heavy atom. The van der Waals surface area contributed by atoms with Gasteiger partial charge in [0, 0.05) is 42.7 Å². The van der Waals surface area contributed by atoms with Gasteiger partial charge >= 0.3 is 0 Å². The van der Waals surface area contributed by atoms with Gasteiger partial charge in [0.25, 0.3) is 11.8 Å². The van der Waals surface area contributed by atoms with Crippen LogP contribution in [-0.4, -0.2) is 40.3 Å². The number of aryl methyl sites for hydroxylation is 1. The van der Waals surface area contributed by atoms with Gasteiger partial charge in [0.1, 0.15) is 12.5 Å². The first-order valence-corrected chi connectivity index (χ1v) is 17.4. The SMILES string of the molecule is COc1ccc2c(c1)C(=O)N(c1cc(N(COCC[Si](C)(C)C)C(=O)c3cccc(C(C)(C)N)c3)ccc1C)C2. The van der Waals surface area contributed by atoms with Crippen molar-refractivity contribution in [3.63, 3.8) is 0 Å². The second kappa shape index (κ2) is 11.6. The van der Waals surface area contributed by atoms with Crippen LogP contribution in [0.1, 0.15) is 51.3 Å². The van der Waals surface area contributed by atoms with Crippen molar-refractivity contribution in [3.05, 3.63) is 88.5 Å². The number of carbonyl (C=O) groups is 2. The molecule has 0 saturated heterocycles. The molecule has 1 heterocycles. The van der Waals surface area contributed by atoms with Crippen molar-refractivity contribution in [3.8, 4) is 5.75 Å². The molecule has 0 aliphatic carbocycles. The van der Waals surface area contributed by atoms with Crippen LogP contribution in [0.4, 0.5) is 11.4 Å². The lowest BCUT2D eigenvalue weighted by atomic mass is 9.94. The highest BCUT2D eigenvalue weighted by atomic mass is 28.3. The van der Waals surface area contributed by atoms with Gasteiger partial charge in [-0.1, -0.05) is 43.9 Å². The average molecular weight is 560 g/mol. The highest BCUT2D eigenvalue weighted by Gasteiger charge is 2.31. The van der Waals surface area contributed by atoms with Gasteiger partial charge < -0.3 is 20.1 Å². The van der Waals surface area contributed by atoms with Gasteiger partial charge in [0.2, 0.25) is 0 Å². The van der Waals surface area contributed by atoms with Crippen molar-refractivity contribution in [1.82, 2.24) is 0 Å². The van der Waals surface area contributed by atoms with Crippen LogP contribution >= 0.6 is 0 Å². The van der Waals surface area contributed by atoms with Crippen molar-refractivity contribution in [2.75, 3.05) is 30.2 Å². The monoisotopic (exact) mass is 559 g/mol. The summed E-state index contributed by atoms with van der Waals surface area (Å²) in [6.07, 6.45) is 0. The molecule has 1 aliphatic heterocycles. The lowest BCUT2D eigenvalue weighted by Crippen LogP contribution is -2.35. The minimum Gasteiger partial charge on any atom is -0.497 e. The van der Waals surface area contributed by atoms with Crippen LogP contribution in [0.3, 0.4) is 0 Å². The van der Waals surface area contributed by atoms with Crippen molar-refractivity contribution in [1.29, 1.82) is 0 Å². The molecule has 0 aromatic heterocycles. The van der Waals surface area contributed by atoms with Gasteiger partial charge in [-0.05, 0) is 79.9 Å². The van der Waals surface area contributed by atoms with Gasteiger partial charge in [-0.15, -0.1) is 0 Å². The molecule has 4 rings (SSSR count). The number of carbonyl (C=O) groups excluding carboxylic acids is 2. The van der Waals surface area contributed by atoms with E-state index in [1.165, 1.54) is 0 Å². The molecule has 8 heteroatoms. The Labute approximate surface area is 238 Å². The predicted molar refractivity (Wildman–Crippen MR) is 164 cm³/mol. The van der Waals surface area contributed by atoms with E-state index in [2.05, 4.69) is 19.6 Å². The predicted octanol–water partition coefficient (Wildman–Crippen LogP) is 6.32. The second-order valence-corrected chi connectivity index (χ2v) is 17.9. The first-order chi connectivity index (χ1) is 18.8. The molecule has 1 aliphatic rings. The van der Waals surface area contributed by atoms with Crippen molar-refractivity contribution >= 4 is 31.3 Å². The van der Waals surface area contributed by atoms with Crippen molar-refractivity contribution in [2.45, 2.75) is 58.5 Å². The van der Waals surface area contributed by atoms with Gasteiger partial charge in [0.05, 0.1) is 13.7 Å². The van der Waals surface area contributed by atoms with Crippen LogP contribution < -0.4 is 20.3 Å². The maximum atomic E-state index is 14.0. The molecule has 0 radical (unpaired) electrons. The lowest BCUT2D eigenvalue weighted by Gasteiger charge is -2.27. The maximum absolute atomic E-state index is 14.0. The number of amides is 2. The third-order valence-corrected chi connectivity index (χ3v) is 8.94.